The molecule has 0 bridgehead atoms. The number of nitrogens with one attached hydrogen (secondary N) is 1. The lowest BCUT2D eigenvalue weighted by atomic mass is 10.2. The molecule has 0 fully saturated rings. The second-order valence-corrected chi connectivity index (χ2v) is 5.45. The van der Waals surface area contributed by atoms with Gasteiger partial charge in [0.05, 0.1) is 6.07 Å². The van der Waals surface area contributed by atoms with Gasteiger partial charge in [-0.25, -0.2) is 0 Å². The van der Waals surface area contributed by atoms with Crippen LogP contribution in [0.2, 0.25) is 0 Å². The molecule has 0 atom stereocenters. The number of nitriles is 1. The molecule has 0 aromatic heterocycles. The summed E-state index contributed by atoms with van der Waals surface area (Å²) in [6, 6.07) is 11.0. The molecule has 0 heterocycles. The summed E-state index contributed by atoms with van der Waals surface area (Å²) < 4.78 is 0. The van der Waals surface area contributed by atoms with Gasteiger partial charge in [-0.15, -0.1) is 11.8 Å². The summed E-state index contributed by atoms with van der Waals surface area (Å²) in [6.45, 7) is 4.22. The van der Waals surface area contributed by atoms with E-state index in [2.05, 4.69) is 42.6 Å². The first-order valence-electron chi connectivity index (χ1n) is 6.66. The number of nitrogens with zero attached hydrogens (tertiary/aromatic N) is 1. The van der Waals surface area contributed by atoms with Crippen molar-refractivity contribution in [1.29, 1.82) is 5.26 Å². The number of hydrogen-bond acceptors (Lipinski definition) is 3. The Hall–Kier alpha value is -0.980. The monoisotopic (exact) mass is 262 g/mol. The second-order valence-electron chi connectivity index (χ2n) is 4.28. The molecule has 0 spiro atoms. The van der Waals surface area contributed by atoms with Crippen LogP contribution in [0.25, 0.3) is 0 Å². The van der Waals surface area contributed by atoms with E-state index in [9.17, 15) is 0 Å². The maximum atomic E-state index is 8.44. The topological polar surface area (TPSA) is 35.8 Å². The van der Waals surface area contributed by atoms with Gasteiger partial charge in [0.1, 0.15) is 0 Å². The van der Waals surface area contributed by atoms with Crippen LogP contribution >= 0.6 is 11.8 Å². The third kappa shape index (κ3) is 6.68. The first kappa shape index (κ1) is 15.1. The molecule has 0 aliphatic rings. The van der Waals surface area contributed by atoms with E-state index in [1.807, 2.05) is 11.8 Å². The summed E-state index contributed by atoms with van der Waals surface area (Å²) in [5.74, 6) is 1.11. The molecule has 0 saturated carbocycles. The van der Waals surface area contributed by atoms with Crippen molar-refractivity contribution in [2.45, 2.75) is 44.0 Å². The summed E-state index contributed by atoms with van der Waals surface area (Å²) in [6.07, 6.45) is 4.00. The Morgan fingerprint density at radius 2 is 2.00 bits per heavy atom. The van der Waals surface area contributed by atoms with Gasteiger partial charge >= 0.3 is 0 Å². The highest BCUT2D eigenvalue weighted by Gasteiger charge is 1.96. The Labute approximate surface area is 115 Å². The van der Waals surface area contributed by atoms with Gasteiger partial charge in [0.25, 0.3) is 0 Å². The van der Waals surface area contributed by atoms with Crippen molar-refractivity contribution in [2.75, 3.05) is 12.3 Å². The molecule has 1 aromatic carbocycles. The van der Waals surface area contributed by atoms with E-state index < -0.39 is 0 Å². The van der Waals surface area contributed by atoms with Crippen molar-refractivity contribution in [3.63, 3.8) is 0 Å². The third-order valence-corrected chi connectivity index (χ3v) is 3.73. The molecule has 18 heavy (non-hydrogen) atoms. The summed E-state index contributed by atoms with van der Waals surface area (Å²) in [5, 5.41) is 11.8. The highest BCUT2D eigenvalue weighted by molar-refractivity contribution is 7.99. The minimum Gasteiger partial charge on any atom is -0.313 e. The minimum atomic E-state index is 0.683. The fourth-order valence-corrected chi connectivity index (χ4v) is 2.52. The lowest BCUT2D eigenvalue weighted by Gasteiger charge is -2.05. The summed E-state index contributed by atoms with van der Waals surface area (Å²) in [5.41, 5.74) is 1.34. The van der Waals surface area contributed by atoms with E-state index in [0.29, 0.717) is 6.42 Å². The van der Waals surface area contributed by atoms with Crippen LogP contribution in [0.3, 0.4) is 0 Å². The smallest absolute Gasteiger partial charge is 0.0621 e. The largest absolute Gasteiger partial charge is 0.313 e. The summed E-state index contributed by atoms with van der Waals surface area (Å²) in [7, 11) is 0. The van der Waals surface area contributed by atoms with Crippen LogP contribution < -0.4 is 5.32 Å². The lowest BCUT2D eigenvalue weighted by Crippen LogP contribution is -2.13. The Morgan fingerprint density at radius 1 is 1.22 bits per heavy atom. The predicted octanol–water partition coefficient (Wildman–Crippen LogP) is 3.97. The van der Waals surface area contributed by atoms with Crippen molar-refractivity contribution < 1.29 is 0 Å². The molecule has 0 unspecified atom stereocenters. The molecule has 1 N–H and O–H groups in total. The zero-order valence-corrected chi connectivity index (χ0v) is 11.9. The average molecular weight is 262 g/mol. The van der Waals surface area contributed by atoms with Crippen LogP contribution in [-0.4, -0.2) is 12.3 Å². The predicted molar refractivity (Wildman–Crippen MR) is 78.6 cm³/mol. The Morgan fingerprint density at radius 3 is 2.67 bits per heavy atom. The number of hydrogen-bond donors (Lipinski definition) is 1. The number of thioether (sulfide) groups is 1. The van der Waals surface area contributed by atoms with E-state index in [-0.39, 0.29) is 0 Å². The first-order valence-corrected chi connectivity index (χ1v) is 7.64. The van der Waals surface area contributed by atoms with Gasteiger partial charge in [-0.2, -0.15) is 5.26 Å². The SMILES string of the molecule is CCCNCc1ccc(SCCCCC#N)cc1. The number of rotatable bonds is 9. The van der Waals surface area contributed by atoms with E-state index >= 15 is 0 Å². The molecule has 0 saturated heterocycles. The van der Waals surface area contributed by atoms with Crippen molar-refractivity contribution in [3.8, 4) is 6.07 Å². The van der Waals surface area contributed by atoms with Gasteiger partial charge < -0.3 is 5.32 Å². The maximum Gasteiger partial charge on any atom is 0.0621 e. The molecule has 2 nitrogen and oxygen atoms in total. The molecular weight excluding hydrogens is 240 g/mol. The lowest BCUT2D eigenvalue weighted by molar-refractivity contribution is 0.675. The number of unbranched alkanes of at least 4 members (excludes halogenated alkanes) is 2. The third-order valence-electron chi connectivity index (χ3n) is 2.63. The summed E-state index contributed by atoms with van der Waals surface area (Å²) >= 11 is 1.88. The second kappa shape index (κ2) is 9.99. The zero-order valence-electron chi connectivity index (χ0n) is 11.1. The molecule has 0 aliphatic heterocycles. The Kier molecular flexibility index (Phi) is 8.37. The van der Waals surface area contributed by atoms with Crippen LogP contribution in [-0.2, 0) is 6.54 Å². The fourth-order valence-electron chi connectivity index (χ4n) is 1.61. The van der Waals surface area contributed by atoms with Crippen LogP contribution in [0.1, 0.15) is 38.2 Å². The summed E-state index contributed by atoms with van der Waals surface area (Å²) in [4.78, 5) is 1.33. The zero-order chi connectivity index (χ0) is 13.1. The molecule has 3 heteroatoms. The highest BCUT2D eigenvalue weighted by Crippen LogP contribution is 2.20. The molecule has 1 aromatic rings. The maximum absolute atomic E-state index is 8.44. The first-order chi connectivity index (χ1) is 8.86. The van der Waals surface area contributed by atoms with Crippen LogP contribution in [0.4, 0.5) is 0 Å². The molecule has 0 aliphatic carbocycles. The molecule has 98 valence electrons. The average Bonchev–Trinajstić information content (AvgIpc) is 2.40. The van der Waals surface area contributed by atoms with Gasteiger partial charge in [-0.1, -0.05) is 19.1 Å². The fraction of sp³-hybridized carbons (Fsp3) is 0.533. The minimum absolute atomic E-state index is 0.683. The van der Waals surface area contributed by atoms with Gasteiger partial charge in [-0.05, 0) is 49.3 Å². The quantitative estimate of drug-likeness (QED) is 0.540. The van der Waals surface area contributed by atoms with E-state index in [0.717, 1.165) is 31.7 Å². The molecule has 0 amide bonds. The van der Waals surface area contributed by atoms with Gasteiger partial charge in [0.15, 0.2) is 0 Å². The van der Waals surface area contributed by atoms with Crippen LogP contribution in [0, 0.1) is 11.3 Å². The normalized spacial score (nSPS) is 10.2. The molecule has 1 rings (SSSR count). The van der Waals surface area contributed by atoms with Crippen molar-refractivity contribution in [3.05, 3.63) is 29.8 Å². The Balaban J connectivity index is 2.21. The van der Waals surface area contributed by atoms with E-state index in [4.69, 9.17) is 5.26 Å². The van der Waals surface area contributed by atoms with E-state index in [1.54, 1.807) is 0 Å². The van der Waals surface area contributed by atoms with Gasteiger partial charge in [0, 0.05) is 17.9 Å². The molecule has 0 radical (unpaired) electrons. The highest BCUT2D eigenvalue weighted by atomic mass is 32.2. The van der Waals surface area contributed by atoms with Gasteiger partial charge in [-0.3, -0.25) is 0 Å². The van der Waals surface area contributed by atoms with Crippen molar-refractivity contribution in [1.82, 2.24) is 5.32 Å². The van der Waals surface area contributed by atoms with Crippen molar-refractivity contribution in [2.24, 2.45) is 0 Å². The standard InChI is InChI=1S/C15H22N2S/c1-2-11-17-13-14-6-8-15(9-7-14)18-12-5-3-4-10-16/h6-9,17H,2-5,11-13H2,1H3. The van der Waals surface area contributed by atoms with E-state index in [1.165, 1.54) is 16.9 Å². The Bertz CT molecular complexity index is 354. The van der Waals surface area contributed by atoms with Gasteiger partial charge in [0.2, 0.25) is 0 Å². The molecular formula is C15H22N2S. The number of benzene rings is 1. The van der Waals surface area contributed by atoms with Crippen LogP contribution in [0.5, 0.6) is 0 Å². The van der Waals surface area contributed by atoms with Crippen LogP contribution in [0.15, 0.2) is 29.2 Å². The van der Waals surface area contributed by atoms with Crippen molar-refractivity contribution >= 4 is 11.8 Å².